The molecule has 0 radical (unpaired) electrons. The molecular weight excluding hydrogens is 208 g/mol. The van der Waals surface area contributed by atoms with Crippen LogP contribution in [0.1, 0.15) is 12.0 Å². The van der Waals surface area contributed by atoms with Gasteiger partial charge in [-0.25, -0.2) is 8.78 Å². The van der Waals surface area contributed by atoms with Crippen molar-refractivity contribution >= 4 is 6.08 Å². The van der Waals surface area contributed by atoms with Crippen LogP contribution in [0, 0.1) is 0 Å². The first kappa shape index (κ1) is 11.8. The van der Waals surface area contributed by atoms with E-state index in [1.165, 1.54) is 6.08 Å². The summed E-state index contributed by atoms with van der Waals surface area (Å²) in [5, 5.41) is 0. The first-order valence-corrected chi connectivity index (χ1v) is 4.40. The lowest BCUT2D eigenvalue weighted by Gasteiger charge is -2.11. The summed E-state index contributed by atoms with van der Waals surface area (Å²) in [5.41, 5.74) is 0.711. The summed E-state index contributed by atoms with van der Waals surface area (Å²) in [6.07, 6.45) is -2.10. The monoisotopic (exact) mass is 218 g/mol. The summed E-state index contributed by atoms with van der Waals surface area (Å²) in [5.74, 6) is -3.94. The molecule has 0 nitrogen and oxygen atoms in total. The van der Waals surface area contributed by atoms with Crippen LogP contribution in [0.5, 0.6) is 0 Å². The summed E-state index contributed by atoms with van der Waals surface area (Å²) in [4.78, 5) is 0. The highest BCUT2D eigenvalue weighted by molar-refractivity contribution is 5.48. The van der Waals surface area contributed by atoms with Crippen LogP contribution in [0.3, 0.4) is 0 Å². The van der Waals surface area contributed by atoms with Crippen molar-refractivity contribution < 1.29 is 17.6 Å². The fraction of sp³-hybridized carbons (Fsp3) is 0.273. The Kier molecular flexibility index (Phi) is 3.88. The van der Waals surface area contributed by atoms with Crippen molar-refractivity contribution in [3.8, 4) is 0 Å². The van der Waals surface area contributed by atoms with Crippen molar-refractivity contribution in [1.29, 1.82) is 0 Å². The summed E-state index contributed by atoms with van der Waals surface area (Å²) < 4.78 is 48.4. The topological polar surface area (TPSA) is 0 Å². The fourth-order valence-corrected chi connectivity index (χ4v) is 1.01. The zero-order chi connectivity index (χ0) is 11.3. The van der Waals surface area contributed by atoms with E-state index in [9.17, 15) is 17.6 Å². The van der Waals surface area contributed by atoms with Crippen molar-refractivity contribution in [3.05, 3.63) is 42.0 Å². The Bertz CT molecular complexity index is 317. The van der Waals surface area contributed by atoms with Gasteiger partial charge in [0.15, 0.2) is 0 Å². The lowest BCUT2D eigenvalue weighted by molar-refractivity contribution is -0.125. The van der Waals surface area contributed by atoms with E-state index >= 15 is 0 Å². The second-order valence-corrected chi connectivity index (χ2v) is 3.08. The number of benzene rings is 1. The maximum absolute atomic E-state index is 12.4. The third kappa shape index (κ3) is 3.73. The molecule has 0 aliphatic carbocycles. The Hall–Kier alpha value is -1.32. The molecule has 1 rings (SSSR count). The van der Waals surface area contributed by atoms with Crippen LogP contribution >= 0.6 is 0 Å². The van der Waals surface area contributed by atoms with Gasteiger partial charge in [-0.1, -0.05) is 42.5 Å². The normalized spacial score (nSPS) is 12.6. The Labute approximate surface area is 85.2 Å². The first-order valence-electron chi connectivity index (χ1n) is 4.40. The second-order valence-electron chi connectivity index (χ2n) is 3.08. The molecule has 0 fully saturated rings. The number of hydrogen-bond acceptors (Lipinski definition) is 0. The number of hydrogen-bond donors (Lipinski definition) is 0. The Balaban J connectivity index is 2.54. The van der Waals surface area contributed by atoms with E-state index in [1.54, 1.807) is 30.3 Å². The molecule has 82 valence electrons. The molecule has 0 bridgehead atoms. The lowest BCUT2D eigenvalue weighted by atomic mass is 10.1. The molecule has 0 N–H and O–H groups in total. The van der Waals surface area contributed by atoms with Crippen molar-refractivity contribution in [2.45, 2.75) is 18.8 Å². The van der Waals surface area contributed by atoms with Gasteiger partial charge in [0.2, 0.25) is 0 Å². The predicted molar refractivity (Wildman–Crippen MR) is 51.0 cm³/mol. The maximum atomic E-state index is 12.4. The first-order chi connectivity index (χ1) is 7.02. The van der Waals surface area contributed by atoms with Crippen LogP contribution in [-0.2, 0) is 0 Å². The van der Waals surface area contributed by atoms with Gasteiger partial charge < -0.3 is 0 Å². The molecule has 15 heavy (non-hydrogen) atoms. The van der Waals surface area contributed by atoms with Gasteiger partial charge in [0.25, 0.3) is 0 Å². The molecule has 1 aromatic carbocycles. The van der Waals surface area contributed by atoms with Gasteiger partial charge in [0, 0.05) is 6.42 Å². The molecule has 0 spiro atoms. The SMILES string of the molecule is FC(F)C(F)(F)C/C=C/c1ccccc1. The molecule has 0 unspecified atom stereocenters. The van der Waals surface area contributed by atoms with Gasteiger partial charge in [-0.2, -0.15) is 8.78 Å². The molecule has 0 saturated carbocycles. The van der Waals surface area contributed by atoms with Crippen LogP contribution in [0.15, 0.2) is 36.4 Å². The number of rotatable bonds is 4. The summed E-state index contributed by atoms with van der Waals surface area (Å²) in [7, 11) is 0. The Morgan fingerprint density at radius 1 is 1.13 bits per heavy atom. The van der Waals surface area contributed by atoms with Gasteiger partial charge in [0.1, 0.15) is 0 Å². The zero-order valence-corrected chi connectivity index (χ0v) is 7.84. The quantitative estimate of drug-likeness (QED) is 0.670. The number of halogens is 4. The highest BCUT2D eigenvalue weighted by Gasteiger charge is 2.38. The van der Waals surface area contributed by atoms with Crippen molar-refractivity contribution in [2.75, 3.05) is 0 Å². The van der Waals surface area contributed by atoms with Gasteiger partial charge >= 0.3 is 12.3 Å². The van der Waals surface area contributed by atoms with E-state index in [0.29, 0.717) is 5.56 Å². The largest absolute Gasteiger partial charge is 0.310 e. The molecule has 0 aromatic heterocycles. The third-order valence-electron chi connectivity index (χ3n) is 1.82. The summed E-state index contributed by atoms with van der Waals surface area (Å²) in [6, 6.07) is 8.68. The smallest absolute Gasteiger partial charge is 0.204 e. The summed E-state index contributed by atoms with van der Waals surface area (Å²) >= 11 is 0. The minimum Gasteiger partial charge on any atom is -0.204 e. The molecule has 4 heteroatoms. The van der Waals surface area contributed by atoms with E-state index in [-0.39, 0.29) is 0 Å². The lowest BCUT2D eigenvalue weighted by Crippen LogP contribution is -2.25. The van der Waals surface area contributed by atoms with Crippen molar-refractivity contribution in [1.82, 2.24) is 0 Å². The number of alkyl halides is 4. The zero-order valence-electron chi connectivity index (χ0n) is 7.84. The molecule has 0 aliphatic heterocycles. The minimum atomic E-state index is -3.94. The Morgan fingerprint density at radius 3 is 2.27 bits per heavy atom. The summed E-state index contributed by atoms with van der Waals surface area (Å²) in [6.45, 7) is 0. The van der Waals surface area contributed by atoms with E-state index in [4.69, 9.17) is 0 Å². The van der Waals surface area contributed by atoms with Crippen LogP contribution in [-0.4, -0.2) is 12.3 Å². The standard InChI is InChI=1S/C11H10F4/c12-10(13)11(14,15)8-4-7-9-5-2-1-3-6-9/h1-7,10H,8H2/b7-4+. The van der Waals surface area contributed by atoms with Gasteiger partial charge in [-0.05, 0) is 5.56 Å². The van der Waals surface area contributed by atoms with Crippen LogP contribution in [0.25, 0.3) is 6.08 Å². The van der Waals surface area contributed by atoms with Crippen LogP contribution in [0.2, 0.25) is 0 Å². The number of allylic oxidation sites excluding steroid dienone is 1. The van der Waals surface area contributed by atoms with E-state index in [0.717, 1.165) is 6.08 Å². The highest BCUT2D eigenvalue weighted by atomic mass is 19.3. The van der Waals surface area contributed by atoms with E-state index in [1.807, 2.05) is 0 Å². The average molecular weight is 218 g/mol. The highest BCUT2D eigenvalue weighted by Crippen LogP contribution is 2.27. The molecule has 1 aromatic rings. The van der Waals surface area contributed by atoms with Crippen molar-refractivity contribution in [2.24, 2.45) is 0 Å². The second kappa shape index (κ2) is 4.96. The van der Waals surface area contributed by atoms with E-state index < -0.39 is 18.8 Å². The predicted octanol–water partition coefficient (Wildman–Crippen LogP) is 3.99. The van der Waals surface area contributed by atoms with E-state index in [2.05, 4.69) is 0 Å². The molecule has 0 amide bonds. The van der Waals surface area contributed by atoms with Crippen molar-refractivity contribution in [3.63, 3.8) is 0 Å². The fourth-order valence-electron chi connectivity index (χ4n) is 1.01. The van der Waals surface area contributed by atoms with Gasteiger partial charge in [-0.3, -0.25) is 0 Å². The van der Waals surface area contributed by atoms with Crippen LogP contribution < -0.4 is 0 Å². The molecule has 0 aliphatic rings. The molecular formula is C11H10F4. The maximum Gasteiger partial charge on any atom is 0.310 e. The van der Waals surface area contributed by atoms with Gasteiger partial charge in [0.05, 0.1) is 0 Å². The Morgan fingerprint density at radius 2 is 1.73 bits per heavy atom. The molecule has 0 heterocycles. The van der Waals surface area contributed by atoms with Gasteiger partial charge in [-0.15, -0.1) is 0 Å². The van der Waals surface area contributed by atoms with Crippen LogP contribution in [0.4, 0.5) is 17.6 Å². The molecule has 0 saturated heterocycles. The third-order valence-corrected chi connectivity index (χ3v) is 1.82. The average Bonchev–Trinajstić information content (AvgIpc) is 2.19. The minimum absolute atomic E-state index is 0.711. The molecule has 0 atom stereocenters.